The van der Waals surface area contributed by atoms with Gasteiger partial charge in [0.25, 0.3) is 5.91 Å². The van der Waals surface area contributed by atoms with Gasteiger partial charge < -0.3 is 19.7 Å². The van der Waals surface area contributed by atoms with Crippen LogP contribution in [0.5, 0.6) is 5.75 Å². The number of morpholine rings is 1. The highest BCUT2D eigenvalue weighted by molar-refractivity contribution is 5.78. The van der Waals surface area contributed by atoms with Crippen LogP contribution in [0.3, 0.4) is 0 Å². The first kappa shape index (κ1) is 14.7. The van der Waals surface area contributed by atoms with Gasteiger partial charge in [0.15, 0.2) is 6.61 Å². The minimum Gasteiger partial charge on any atom is -0.484 e. The summed E-state index contributed by atoms with van der Waals surface area (Å²) >= 11 is 0. The van der Waals surface area contributed by atoms with E-state index in [1.807, 2.05) is 45.2 Å². The lowest BCUT2D eigenvalue weighted by atomic mass is 10.2. The summed E-state index contributed by atoms with van der Waals surface area (Å²) in [4.78, 5) is 13.9. The summed E-state index contributed by atoms with van der Waals surface area (Å²) in [5.41, 5.74) is 1.01. The van der Waals surface area contributed by atoms with Crippen molar-refractivity contribution in [2.24, 2.45) is 0 Å². The predicted octanol–water partition coefficient (Wildman–Crippen LogP) is 1.74. The lowest BCUT2D eigenvalue weighted by Gasteiger charge is -2.35. The highest BCUT2D eigenvalue weighted by Gasteiger charge is 2.25. The average molecular weight is 278 g/mol. The number of hydrogen-bond donors (Lipinski definition) is 1. The van der Waals surface area contributed by atoms with Gasteiger partial charge in [-0.25, -0.2) is 0 Å². The van der Waals surface area contributed by atoms with Crippen molar-refractivity contribution in [1.82, 2.24) is 4.90 Å². The number of carbonyl (C=O) groups excluding carboxylic acids is 1. The quantitative estimate of drug-likeness (QED) is 0.911. The molecule has 0 saturated carbocycles. The van der Waals surface area contributed by atoms with Crippen molar-refractivity contribution in [1.29, 1.82) is 0 Å². The van der Waals surface area contributed by atoms with Crippen LogP contribution in [-0.4, -0.2) is 49.8 Å². The van der Waals surface area contributed by atoms with Crippen molar-refractivity contribution in [2.75, 3.05) is 32.1 Å². The van der Waals surface area contributed by atoms with E-state index in [0.717, 1.165) is 5.69 Å². The van der Waals surface area contributed by atoms with Crippen LogP contribution in [0.1, 0.15) is 13.8 Å². The Bertz CT molecular complexity index is 437. The highest BCUT2D eigenvalue weighted by Crippen LogP contribution is 2.16. The van der Waals surface area contributed by atoms with Gasteiger partial charge in [0, 0.05) is 25.8 Å². The van der Waals surface area contributed by atoms with E-state index in [2.05, 4.69) is 5.32 Å². The summed E-state index contributed by atoms with van der Waals surface area (Å²) in [6.07, 6.45) is 0.162. The number of ether oxygens (including phenoxy) is 2. The molecule has 1 saturated heterocycles. The molecule has 2 rings (SSSR count). The second kappa shape index (κ2) is 6.61. The first-order chi connectivity index (χ1) is 9.58. The smallest absolute Gasteiger partial charge is 0.260 e. The third kappa shape index (κ3) is 3.87. The van der Waals surface area contributed by atoms with Crippen LogP contribution in [0.2, 0.25) is 0 Å². The van der Waals surface area contributed by atoms with Crippen molar-refractivity contribution < 1.29 is 14.3 Å². The number of anilines is 1. The number of rotatable bonds is 4. The van der Waals surface area contributed by atoms with E-state index in [0.29, 0.717) is 18.8 Å². The Morgan fingerprint density at radius 2 is 1.90 bits per heavy atom. The van der Waals surface area contributed by atoms with E-state index >= 15 is 0 Å². The monoisotopic (exact) mass is 278 g/mol. The summed E-state index contributed by atoms with van der Waals surface area (Å²) in [6.45, 7) is 5.29. The SMILES string of the molecule is CNc1ccc(OCC(=O)N2CC(C)OC(C)C2)cc1. The van der Waals surface area contributed by atoms with Crippen molar-refractivity contribution >= 4 is 11.6 Å². The fraction of sp³-hybridized carbons (Fsp3) is 0.533. The standard InChI is InChI=1S/C15H22N2O3/c1-11-8-17(9-12(2)20-11)15(18)10-19-14-6-4-13(16-3)5-7-14/h4-7,11-12,16H,8-10H2,1-3H3. The Morgan fingerprint density at radius 1 is 1.30 bits per heavy atom. The summed E-state index contributed by atoms with van der Waals surface area (Å²) in [5, 5.41) is 3.04. The van der Waals surface area contributed by atoms with E-state index < -0.39 is 0 Å². The molecule has 1 aromatic carbocycles. The molecule has 1 aliphatic rings. The maximum Gasteiger partial charge on any atom is 0.260 e. The zero-order chi connectivity index (χ0) is 14.5. The van der Waals surface area contributed by atoms with Crippen LogP contribution < -0.4 is 10.1 Å². The summed E-state index contributed by atoms with van der Waals surface area (Å²) in [5.74, 6) is 0.705. The van der Waals surface area contributed by atoms with Gasteiger partial charge in [-0.3, -0.25) is 4.79 Å². The molecule has 1 N–H and O–H groups in total. The molecule has 1 aromatic rings. The fourth-order valence-corrected chi connectivity index (χ4v) is 2.34. The molecule has 1 fully saturated rings. The molecule has 0 bridgehead atoms. The van der Waals surface area contributed by atoms with Gasteiger partial charge in [-0.15, -0.1) is 0 Å². The molecule has 0 aliphatic carbocycles. The number of amides is 1. The van der Waals surface area contributed by atoms with Crippen LogP contribution in [0.4, 0.5) is 5.69 Å². The molecule has 2 unspecified atom stereocenters. The van der Waals surface area contributed by atoms with Crippen molar-refractivity contribution in [2.45, 2.75) is 26.1 Å². The van der Waals surface area contributed by atoms with E-state index in [1.165, 1.54) is 0 Å². The molecular formula is C15H22N2O3. The van der Waals surface area contributed by atoms with E-state index in [9.17, 15) is 4.79 Å². The van der Waals surface area contributed by atoms with E-state index in [-0.39, 0.29) is 24.7 Å². The number of nitrogens with one attached hydrogen (secondary N) is 1. The number of carbonyl (C=O) groups is 1. The molecule has 1 aliphatic heterocycles. The molecule has 20 heavy (non-hydrogen) atoms. The van der Waals surface area contributed by atoms with Crippen molar-refractivity contribution in [3.05, 3.63) is 24.3 Å². The maximum absolute atomic E-state index is 12.1. The van der Waals surface area contributed by atoms with Gasteiger partial charge in [0.05, 0.1) is 12.2 Å². The predicted molar refractivity (Wildman–Crippen MR) is 78.1 cm³/mol. The van der Waals surface area contributed by atoms with Crippen LogP contribution in [-0.2, 0) is 9.53 Å². The fourth-order valence-electron chi connectivity index (χ4n) is 2.34. The molecular weight excluding hydrogens is 256 g/mol. The summed E-state index contributed by atoms with van der Waals surface area (Å²) in [7, 11) is 1.86. The minimum absolute atomic E-state index is 0.00435. The molecule has 5 heteroatoms. The van der Waals surface area contributed by atoms with Gasteiger partial charge in [-0.05, 0) is 38.1 Å². The lowest BCUT2D eigenvalue weighted by molar-refractivity contribution is -0.145. The van der Waals surface area contributed by atoms with Gasteiger partial charge in [0.2, 0.25) is 0 Å². The second-order valence-corrected chi connectivity index (χ2v) is 5.12. The van der Waals surface area contributed by atoms with E-state index in [1.54, 1.807) is 4.90 Å². The Balaban J connectivity index is 1.84. The molecule has 1 amide bonds. The minimum atomic E-state index is 0.00435. The first-order valence-corrected chi connectivity index (χ1v) is 6.92. The Kier molecular flexibility index (Phi) is 4.84. The summed E-state index contributed by atoms with van der Waals surface area (Å²) in [6, 6.07) is 7.53. The Hall–Kier alpha value is -1.75. The molecule has 0 spiro atoms. The lowest BCUT2D eigenvalue weighted by Crippen LogP contribution is -2.49. The number of nitrogens with zero attached hydrogens (tertiary/aromatic N) is 1. The topological polar surface area (TPSA) is 50.8 Å². The maximum atomic E-state index is 12.1. The Labute approximate surface area is 119 Å². The van der Waals surface area contributed by atoms with Gasteiger partial charge in [-0.2, -0.15) is 0 Å². The highest BCUT2D eigenvalue weighted by atomic mass is 16.5. The number of benzene rings is 1. The van der Waals surface area contributed by atoms with Crippen LogP contribution in [0, 0.1) is 0 Å². The molecule has 110 valence electrons. The zero-order valence-electron chi connectivity index (χ0n) is 12.3. The van der Waals surface area contributed by atoms with Gasteiger partial charge >= 0.3 is 0 Å². The molecule has 2 atom stereocenters. The third-order valence-corrected chi connectivity index (χ3v) is 3.28. The van der Waals surface area contributed by atoms with E-state index in [4.69, 9.17) is 9.47 Å². The zero-order valence-corrected chi connectivity index (χ0v) is 12.3. The summed E-state index contributed by atoms with van der Waals surface area (Å²) < 4.78 is 11.1. The first-order valence-electron chi connectivity index (χ1n) is 6.92. The van der Waals surface area contributed by atoms with Crippen LogP contribution in [0.15, 0.2) is 24.3 Å². The average Bonchev–Trinajstić information content (AvgIpc) is 2.44. The van der Waals surface area contributed by atoms with Gasteiger partial charge in [0.1, 0.15) is 5.75 Å². The van der Waals surface area contributed by atoms with Crippen molar-refractivity contribution in [3.8, 4) is 5.75 Å². The largest absolute Gasteiger partial charge is 0.484 e. The van der Waals surface area contributed by atoms with Crippen LogP contribution >= 0.6 is 0 Å². The molecule has 0 aromatic heterocycles. The van der Waals surface area contributed by atoms with Crippen LogP contribution in [0.25, 0.3) is 0 Å². The second-order valence-electron chi connectivity index (χ2n) is 5.12. The normalized spacial score (nSPS) is 22.4. The van der Waals surface area contributed by atoms with Crippen molar-refractivity contribution in [3.63, 3.8) is 0 Å². The molecule has 5 nitrogen and oxygen atoms in total. The molecule has 0 radical (unpaired) electrons. The third-order valence-electron chi connectivity index (χ3n) is 3.28. The molecule has 1 heterocycles. The Morgan fingerprint density at radius 3 is 2.45 bits per heavy atom. The number of hydrogen-bond acceptors (Lipinski definition) is 4. The van der Waals surface area contributed by atoms with Gasteiger partial charge in [-0.1, -0.05) is 0 Å².